The van der Waals surface area contributed by atoms with Crippen molar-refractivity contribution in [2.75, 3.05) is 13.1 Å². The summed E-state index contributed by atoms with van der Waals surface area (Å²) in [5.41, 5.74) is 0.461. The van der Waals surface area contributed by atoms with Crippen LogP contribution >= 0.6 is 0 Å². The summed E-state index contributed by atoms with van der Waals surface area (Å²) >= 11 is 0. The number of nitrogens with zero attached hydrogens (tertiary/aromatic N) is 2. The monoisotopic (exact) mass is 307 g/mol. The van der Waals surface area contributed by atoms with E-state index in [4.69, 9.17) is 5.26 Å². The maximum atomic E-state index is 12.8. The molecule has 5 nitrogen and oxygen atoms in total. The van der Waals surface area contributed by atoms with Crippen molar-refractivity contribution in [2.24, 2.45) is 0 Å². The minimum atomic E-state index is -3.53. The Hall–Kier alpha value is -1.42. The predicted octanol–water partition coefficient (Wildman–Crippen LogP) is 1.71. The first-order valence-electron chi connectivity index (χ1n) is 7.20. The second-order valence-electron chi connectivity index (χ2n) is 5.60. The number of sulfonamides is 1. The highest BCUT2D eigenvalue weighted by Gasteiger charge is 2.30. The van der Waals surface area contributed by atoms with Crippen molar-refractivity contribution in [3.8, 4) is 6.07 Å². The van der Waals surface area contributed by atoms with Gasteiger partial charge in [0.25, 0.3) is 0 Å². The van der Waals surface area contributed by atoms with Crippen LogP contribution in [0.5, 0.6) is 0 Å². The molecule has 1 aliphatic rings. The predicted molar refractivity (Wildman–Crippen MR) is 81.2 cm³/mol. The minimum absolute atomic E-state index is 0.104. The van der Waals surface area contributed by atoms with E-state index < -0.39 is 10.0 Å². The Labute approximate surface area is 126 Å². The standard InChI is InChI=1S/C15H21N3O2S/c1-12(2)18(11-14-4-3-9-17-14)21(19,20)15-7-5-13(10-16)6-8-15/h5-8,12,14,17H,3-4,9,11H2,1-2H3. The van der Waals surface area contributed by atoms with Crippen molar-refractivity contribution >= 4 is 10.0 Å². The van der Waals surface area contributed by atoms with Gasteiger partial charge in [-0.3, -0.25) is 0 Å². The third-order valence-electron chi connectivity index (χ3n) is 3.73. The summed E-state index contributed by atoms with van der Waals surface area (Å²) in [6.45, 7) is 5.21. The fraction of sp³-hybridized carbons (Fsp3) is 0.533. The van der Waals surface area contributed by atoms with Gasteiger partial charge < -0.3 is 5.32 Å². The molecule has 1 aromatic rings. The molecule has 2 rings (SSSR count). The van der Waals surface area contributed by atoms with Crippen LogP contribution in [0.2, 0.25) is 0 Å². The molecule has 0 saturated carbocycles. The van der Waals surface area contributed by atoms with Gasteiger partial charge in [0.1, 0.15) is 0 Å². The lowest BCUT2D eigenvalue weighted by atomic mass is 10.2. The van der Waals surface area contributed by atoms with Gasteiger partial charge >= 0.3 is 0 Å². The zero-order valence-corrected chi connectivity index (χ0v) is 13.2. The lowest BCUT2D eigenvalue weighted by molar-refractivity contribution is 0.322. The summed E-state index contributed by atoms with van der Waals surface area (Å²) in [6.07, 6.45) is 2.10. The van der Waals surface area contributed by atoms with Gasteiger partial charge in [0.15, 0.2) is 0 Å². The molecule has 1 N–H and O–H groups in total. The summed E-state index contributed by atoms with van der Waals surface area (Å²) in [4.78, 5) is 0.244. The first-order valence-corrected chi connectivity index (χ1v) is 8.64. The highest BCUT2D eigenvalue weighted by Crippen LogP contribution is 2.20. The van der Waals surface area contributed by atoms with E-state index in [1.165, 1.54) is 16.4 Å². The molecule has 21 heavy (non-hydrogen) atoms. The Morgan fingerprint density at radius 1 is 1.38 bits per heavy atom. The quantitative estimate of drug-likeness (QED) is 0.899. The molecule has 0 spiro atoms. The molecule has 1 aliphatic heterocycles. The molecule has 6 heteroatoms. The largest absolute Gasteiger partial charge is 0.313 e. The highest BCUT2D eigenvalue weighted by molar-refractivity contribution is 7.89. The molecule has 0 radical (unpaired) electrons. The zero-order valence-electron chi connectivity index (χ0n) is 12.4. The fourth-order valence-electron chi connectivity index (χ4n) is 2.55. The lowest BCUT2D eigenvalue weighted by Crippen LogP contribution is -2.44. The third kappa shape index (κ3) is 3.62. The van der Waals surface area contributed by atoms with E-state index in [0.29, 0.717) is 12.1 Å². The number of hydrogen-bond acceptors (Lipinski definition) is 4. The molecule has 1 atom stereocenters. The number of hydrogen-bond donors (Lipinski definition) is 1. The van der Waals surface area contributed by atoms with E-state index in [1.54, 1.807) is 12.1 Å². The van der Waals surface area contributed by atoms with Crippen LogP contribution < -0.4 is 5.32 Å². The van der Waals surface area contributed by atoms with Crippen molar-refractivity contribution in [3.63, 3.8) is 0 Å². The van der Waals surface area contributed by atoms with E-state index in [0.717, 1.165) is 19.4 Å². The van der Waals surface area contributed by atoms with Crippen molar-refractivity contribution in [1.82, 2.24) is 9.62 Å². The van der Waals surface area contributed by atoms with Gasteiger partial charge in [0, 0.05) is 18.6 Å². The van der Waals surface area contributed by atoms with Gasteiger partial charge in [-0.15, -0.1) is 0 Å². The minimum Gasteiger partial charge on any atom is -0.313 e. The fourth-order valence-corrected chi connectivity index (χ4v) is 4.24. The van der Waals surface area contributed by atoms with Gasteiger partial charge in [-0.2, -0.15) is 9.57 Å². The summed E-state index contributed by atoms with van der Waals surface area (Å²) in [5, 5.41) is 12.1. The number of rotatable bonds is 5. The van der Waals surface area contributed by atoms with Crippen LogP contribution in [-0.4, -0.2) is 37.9 Å². The first-order chi connectivity index (χ1) is 9.95. The molecule has 1 unspecified atom stereocenters. The molecule has 0 bridgehead atoms. The van der Waals surface area contributed by atoms with E-state index in [1.807, 2.05) is 19.9 Å². The molecular formula is C15H21N3O2S. The van der Waals surface area contributed by atoms with E-state index in [9.17, 15) is 8.42 Å². The normalized spacial score (nSPS) is 19.1. The molecule has 114 valence electrons. The Morgan fingerprint density at radius 3 is 2.52 bits per heavy atom. The number of benzene rings is 1. The molecule has 0 aliphatic carbocycles. The van der Waals surface area contributed by atoms with Crippen LogP contribution in [0, 0.1) is 11.3 Å². The smallest absolute Gasteiger partial charge is 0.243 e. The highest BCUT2D eigenvalue weighted by atomic mass is 32.2. The van der Waals surface area contributed by atoms with Crippen molar-refractivity contribution in [2.45, 2.75) is 43.7 Å². The molecule has 1 saturated heterocycles. The van der Waals surface area contributed by atoms with Gasteiger partial charge in [0.2, 0.25) is 10.0 Å². The van der Waals surface area contributed by atoms with E-state index >= 15 is 0 Å². The molecule has 1 fully saturated rings. The van der Waals surface area contributed by atoms with Crippen LogP contribution in [0.4, 0.5) is 0 Å². The SMILES string of the molecule is CC(C)N(CC1CCCN1)S(=O)(=O)c1ccc(C#N)cc1. The Bertz CT molecular complexity index is 611. The average molecular weight is 307 g/mol. The second kappa shape index (κ2) is 6.56. The molecule has 1 aromatic carbocycles. The molecule has 1 heterocycles. The van der Waals surface area contributed by atoms with Gasteiger partial charge in [-0.25, -0.2) is 8.42 Å². The lowest BCUT2D eigenvalue weighted by Gasteiger charge is -2.28. The van der Waals surface area contributed by atoms with Crippen LogP contribution in [-0.2, 0) is 10.0 Å². The Morgan fingerprint density at radius 2 is 2.05 bits per heavy atom. The Balaban J connectivity index is 2.25. The van der Waals surface area contributed by atoms with Gasteiger partial charge in [-0.1, -0.05) is 0 Å². The summed E-state index contributed by atoms with van der Waals surface area (Å²) < 4.78 is 27.1. The third-order valence-corrected chi connectivity index (χ3v) is 5.78. The zero-order chi connectivity index (χ0) is 15.5. The molecule has 0 aromatic heterocycles. The summed E-state index contributed by atoms with van der Waals surface area (Å²) in [5.74, 6) is 0. The van der Waals surface area contributed by atoms with Crippen LogP contribution in [0.1, 0.15) is 32.3 Å². The maximum absolute atomic E-state index is 12.8. The topological polar surface area (TPSA) is 73.2 Å². The van der Waals surface area contributed by atoms with Crippen LogP contribution in [0.25, 0.3) is 0 Å². The number of nitriles is 1. The van der Waals surface area contributed by atoms with Crippen molar-refractivity contribution in [1.29, 1.82) is 5.26 Å². The van der Waals surface area contributed by atoms with Crippen LogP contribution in [0.15, 0.2) is 29.2 Å². The van der Waals surface area contributed by atoms with E-state index in [-0.39, 0.29) is 17.0 Å². The van der Waals surface area contributed by atoms with Crippen molar-refractivity contribution in [3.05, 3.63) is 29.8 Å². The Kier molecular flexibility index (Phi) is 4.99. The first kappa shape index (κ1) is 16.0. The second-order valence-corrected chi connectivity index (χ2v) is 7.49. The van der Waals surface area contributed by atoms with Gasteiger partial charge in [-0.05, 0) is 57.5 Å². The number of nitrogens with one attached hydrogen (secondary N) is 1. The van der Waals surface area contributed by atoms with Crippen molar-refractivity contribution < 1.29 is 8.42 Å². The van der Waals surface area contributed by atoms with Crippen LogP contribution in [0.3, 0.4) is 0 Å². The van der Waals surface area contributed by atoms with E-state index in [2.05, 4.69) is 5.32 Å². The molecular weight excluding hydrogens is 286 g/mol. The summed E-state index contributed by atoms with van der Waals surface area (Å²) in [7, 11) is -3.53. The van der Waals surface area contributed by atoms with Gasteiger partial charge in [0.05, 0.1) is 16.5 Å². The summed E-state index contributed by atoms with van der Waals surface area (Å²) in [6, 6.07) is 8.21. The molecule has 0 amide bonds. The maximum Gasteiger partial charge on any atom is 0.243 e. The average Bonchev–Trinajstić information content (AvgIpc) is 2.97.